The van der Waals surface area contributed by atoms with E-state index in [1.54, 1.807) is 12.1 Å². The summed E-state index contributed by atoms with van der Waals surface area (Å²) in [4.78, 5) is 22.9. The van der Waals surface area contributed by atoms with Crippen LogP contribution in [0.15, 0.2) is 24.3 Å². The van der Waals surface area contributed by atoms with Crippen molar-refractivity contribution >= 4 is 27.5 Å². The van der Waals surface area contributed by atoms with E-state index in [1.165, 1.54) is 19.1 Å². The summed E-state index contributed by atoms with van der Waals surface area (Å²) in [7, 11) is -3.60. The average molecular weight is 285 g/mol. The third-order valence-corrected chi connectivity index (χ3v) is 3.53. The van der Waals surface area contributed by atoms with E-state index in [0.29, 0.717) is 11.3 Å². The minimum Gasteiger partial charge on any atom is -0.399 e. The second kappa shape index (κ2) is 6.19. The minimum atomic E-state index is -3.60. The van der Waals surface area contributed by atoms with Crippen molar-refractivity contribution in [2.75, 3.05) is 18.0 Å². The summed E-state index contributed by atoms with van der Waals surface area (Å²) in [6.45, 7) is 0.991. The molecule has 0 aliphatic rings. The number of sulfonamides is 1. The SMILES string of the molecule is CCS(=O)(=O)NC(=O)CNC(=O)c1ccc(N)cc1. The molecule has 0 unspecified atom stereocenters. The largest absolute Gasteiger partial charge is 0.399 e. The van der Waals surface area contributed by atoms with Crippen LogP contribution in [0, 0.1) is 0 Å². The lowest BCUT2D eigenvalue weighted by molar-refractivity contribution is -0.118. The van der Waals surface area contributed by atoms with Crippen molar-refractivity contribution in [3.05, 3.63) is 29.8 Å². The third-order valence-electron chi connectivity index (χ3n) is 2.23. The van der Waals surface area contributed by atoms with Crippen molar-refractivity contribution in [2.24, 2.45) is 0 Å². The van der Waals surface area contributed by atoms with Gasteiger partial charge in [-0.1, -0.05) is 0 Å². The molecule has 0 aromatic heterocycles. The second-order valence-corrected chi connectivity index (χ2v) is 5.74. The Morgan fingerprint density at radius 3 is 2.32 bits per heavy atom. The zero-order chi connectivity index (χ0) is 14.5. The van der Waals surface area contributed by atoms with Crippen LogP contribution in [0.25, 0.3) is 0 Å². The smallest absolute Gasteiger partial charge is 0.252 e. The number of hydrogen-bond donors (Lipinski definition) is 3. The molecule has 19 heavy (non-hydrogen) atoms. The highest BCUT2D eigenvalue weighted by atomic mass is 32.2. The van der Waals surface area contributed by atoms with Crippen molar-refractivity contribution in [3.8, 4) is 0 Å². The fourth-order valence-electron chi connectivity index (χ4n) is 1.18. The Morgan fingerprint density at radius 1 is 1.21 bits per heavy atom. The lowest BCUT2D eigenvalue weighted by Crippen LogP contribution is -2.40. The summed E-state index contributed by atoms with van der Waals surface area (Å²) in [5.74, 6) is -1.47. The highest BCUT2D eigenvalue weighted by molar-refractivity contribution is 7.90. The number of hydrogen-bond acceptors (Lipinski definition) is 5. The second-order valence-electron chi connectivity index (χ2n) is 3.73. The number of nitrogen functional groups attached to an aromatic ring is 1. The van der Waals surface area contributed by atoms with E-state index in [9.17, 15) is 18.0 Å². The van der Waals surface area contributed by atoms with Crippen LogP contribution >= 0.6 is 0 Å². The number of nitrogens with two attached hydrogens (primary N) is 1. The molecule has 0 saturated carbocycles. The molecule has 0 spiro atoms. The van der Waals surface area contributed by atoms with Crippen molar-refractivity contribution in [1.29, 1.82) is 0 Å². The van der Waals surface area contributed by atoms with Gasteiger partial charge in [-0.2, -0.15) is 0 Å². The molecule has 104 valence electrons. The van der Waals surface area contributed by atoms with Crippen LogP contribution in [-0.2, 0) is 14.8 Å². The average Bonchev–Trinajstić information content (AvgIpc) is 2.36. The van der Waals surface area contributed by atoms with E-state index in [2.05, 4.69) is 5.32 Å². The molecule has 0 aliphatic carbocycles. The van der Waals surface area contributed by atoms with Gasteiger partial charge in [-0.05, 0) is 31.2 Å². The van der Waals surface area contributed by atoms with Crippen LogP contribution in [-0.4, -0.2) is 32.5 Å². The van der Waals surface area contributed by atoms with Crippen molar-refractivity contribution in [3.63, 3.8) is 0 Å². The van der Waals surface area contributed by atoms with Crippen LogP contribution in [0.1, 0.15) is 17.3 Å². The van der Waals surface area contributed by atoms with Crippen molar-refractivity contribution in [1.82, 2.24) is 10.0 Å². The maximum absolute atomic E-state index is 11.6. The Morgan fingerprint density at radius 2 is 1.79 bits per heavy atom. The fourth-order valence-corrected chi connectivity index (χ4v) is 1.74. The maximum Gasteiger partial charge on any atom is 0.252 e. The van der Waals surface area contributed by atoms with Gasteiger partial charge in [0, 0.05) is 11.3 Å². The molecule has 0 radical (unpaired) electrons. The summed E-state index contributed by atoms with van der Waals surface area (Å²) in [6, 6.07) is 6.11. The van der Waals surface area contributed by atoms with Crippen molar-refractivity contribution < 1.29 is 18.0 Å². The van der Waals surface area contributed by atoms with Gasteiger partial charge < -0.3 is 11.1 Å². The van der Waals surface area contributed by atoms with Gasteiger partial charge in [0.25, 0.3) is 11.8 Å². The standard InChI is InChI=1S/C11H15N3O4S/c1-2-19(17,18)14-10(15)7-13-11(16)8-3-5-9(12)6-4-8/h3-6H,2,7,12H2,1H3,(H,13,16)(H,14,15). The minimum absolute atomic E-state index is 0.204. The normalized spacial score (nSPS) is 10.8. The molecule has 0 aliphatic heterocycles. The molecule has 8 heteroatoms. The number of rotatable bonds is 5. The van der Waals surface area contributed by atoms with Crippen LogP contribution in [0.5, 0.6) is 0 Å². The summed E-state index contributed by atoms with van der Waals surface area (Å²) in [5.41, 5.74) is 6.32. The Balaban J connectivity index is 2.51. The Kier molecular flexibility index (Phi) is 4.87. The number of amides is 2. The number of nitrogens with one attached hydrogen (secondary N) is 2. The molecule has 1 rings (SSSR count). The monoisotopic (exact) mass is 285 g/mol. The zero-order valence-electron chi connectivity index (χ0n) is 10.3. The number of carbonyl (C=O) groups excluding carboxylic acids is 2. The molecule has 0 fully saturated rings. The highest BCUT2D eigenvalue weighted by Gasteiger charge is 2.13. The first-order valence-electron chi connectivity index (χ1n) is 5.51. The molecule has 1 aromatic rings. The molecule has 2 amide bonds. The van der Waals surface area contributed by atoms with Crippen LogP contribution in [0.2, 0.25) is 0 Å². The summed E-state index contributed by atoms with van der Waals surface area (Å²) in [5, 5.41) is 2.31. The molecule has 0 atom stereocenters. The topological polar surface area (TPSA) is 118 Å². The van der Waals surface area contributed by atoms with E-state index in [1.807, 2.05) is 4.72 Å². The molecule has 1 aromatic carbocycles. The molecular weight excluding hydrogens is 270 g/mol. The summed E-state index contributed by atoms with van der Waals surface area (Å²) >= 11 is 0. The molecule has 0 saturated heterocycles. The van der Waals surface area contributed by atoms with E-state index >= 15 is 0 Å². The molecule has 0 heterocycles. The van der Waals surface area contributed by atoms with Crippen LogP contribution < -0.4 is 15.8 Å². The van der Waals surface area contributed by atoms with E-state index in [0.717, 1.165) is 0 Å². The first-order chi connectivity index (χ1) is 8.84. The quantitative estimate of drug-likeness (QED) is 0.628. The van der Waals surface area contributed by atoms with Gasteiger partial charge in [0.15, 0.2) is 0 Å². The fraction of sp³-hybridized carbons (Fsp3) is 0.273. The lowest BCUT2D eigenvalue weighted by Gasteiger charge is -2.06. The molecule has 4 N–H and O–H groups in total. The van der Waals surface area contributed by atoms with Gasteiger partial charge in [0.05, 0.1) is 12.3 Å². The van der Waals surface area contributed by atoms with Gasteiger partial charge in [-0.25, -0.2) is 8.42 Å². The van der Waals surface area contributed by atoms with Crippen LogP contribution in [0.4, 0.5) is 5.69 Å². The Labute approximate surface area is 111 Å². The van der Waals surface area contributed by atoms with E-state index in [4.69, 9.17) is 5.73 Å². The number of benzene rings is 1. The highest BCUT2D eigenvalue weighted by Crippen LogP contribution is 2.04. The van der Waals surface area contributed by atoms with E-state index < -0.39 is 28.4 Å². The lowest BCUT2D eigenvalue weighted by atomic mass is 10.2. The van der Waals surface area contributed by atoms with Crippen molar-refractivity contribution in [2.45, 2.75) is 6.92 Å². The Bertz CT molecular complexity index is 566. The zero-order valence-corrected chi connectivity index (χ0v) is 11.2. The number of carbonyl (C=O) groups is 2. The predicted octanol–water partition coefficient (Wildman–Crippen LogP) is -0.535. The predicted molar refractivity (Wildman–Crippen MR) is 70.8 cm³/mol. The van der Waals surface area contributed by atoms with E-state index in [-0.39, 0.29) is 5.75 Å². The van der Waals surface area contributed by atoms with Gasteiger partial charge in [-0.15, -0.1) is 0 Å². The van der Waals surface area contributed by atoms with Gasteiger partial charge in [0.2, 0.25) is 10.0 Å². The maximum atomic E-state index is 11.6. The molecule has 0 bridgehead atoms. The van der Waals surface area contributed by atoms with Gasteiger partial charge in [0.1, 0.15) is 0 Å². The summed E-state index contributed by atoms with van der Waals surface area (Å²) < 4.78 is 24.0. The van der Waals surface area contributed by atoms with Gasteiger partial charge >= 0.3 is 0 Å². The summed E-state index contributed by atoms with van der Waals surface area (Å²) in [6.07, 6.45) is 0. The first kappa shape index (κ1) is 15.0. The third kappa shape index (κ3) is 4.96. The van der Waals surface area contributed by atoms with Crippen LogP contribution in [0.3, 0.4) is 0 Å². The Hall–Kier alpha value is -2.09. The first-order valence-corrected chi connectivity index (χ1v) is 7.16. The molecule has 7 nitrogen and oxygen atoms in total. The van der Waals surface area contributed by atoms with Gasteiger partial charge in [-0.3, -0.25) is 14.3 Å². The molecular formula is C11H15N3O4S. The number of anilines is 1.